The smallest absolute Gasteiger partial charge is 0.0972 e. The highest BCUT2D eigenvalue weighted by atomic mass is 15.2. The van der Waals surface area contributed by atoms with E-state index in [9.17, 15) is 0 Å². The molecule has 0 radical (unpaired) electrons. The predicted octanol–water partition coefficient (Wildman–Crippen LogP) is 24.6. The van der Waals surface area contributed by atoms with Crippen LogP contribution in [0.3, 0.4) is 0 Å². The van der Waals surface area contributed by atoms with E-state index in [1.807, 2.05) is 12.4 Å². The molecule has 0 N–H and O–H groups in total. The molecule has 16 aromatic rings. The lowest BCUT2D eigenvalue weighted by Gasteiger charge is -2.36. The maximum Gasteiger partial charge on any atom is 0.0972 e. The number of rotatable bonds is 14. The van der Waals surface area contributed by atoms with E-state index in [2.05, 4.69) is 381 Å². The van der Waals surface area contributed by atoms with Gasteiger partial charge >= 0.3 is 0 Å². The average molecular weight is 1260 g/mol. The Labute approximate surface area is 570 Å². The molecule has 15 aromatic carbocycles. The highest BCUT2D eigenvalue weighted by molar-refractivity contribution is 6.24. The normalized spacial score (nSPS) is 12.2. The minimum absolute atomic E-state index is 0.723. The van der Waals surface area contributed by atoms with Crippen molar-refractivity contribution in [3.05, 3.63) is 386 Å². The second-order valence-electron chi connectivity index (χ2n) is 25.0. The van der Waals surface area contributed by atoms with E-state index in [0.29, 0.717) is 0 Å². The van der Waals surface area contributed by atoms with Crippen LogP contribution in [0.15, 0.2) is 364 Å². The molecular weight excluding hydrogens is 1190 g/mol. The Kier molecular flexibility index (Phi) is 14.5. The quantitative estimate of drug-likeness (QED) is 0.0998. The van der Waals surface area contributed by atoms with Crippen LogP contribution < -0.4 is 29.4 Å². The Morgan fingerprint density at radius 1 is 0.204 bits per heavy atom. The zero-order valence-electron chi connectivity index (χ0n) is 53.6. The number of hydrogen-bond donors (Lipinski definition) is 0. The van der Waals surface area contributed by atoms with Crippen LogP contribution >= 0.6 is 0 Å². The summed E-state index contributed by atoms with van der Waals surface area (Å²) in [5.41, 5.74) is 26.2. The van der Waals surface area contributed by atoms with Gasteiger partial charge in [-0.1, -0.05) is 158 Å². The van der Waals surface area contributed by atoms with E-state index < -0.39 is 0 Å². The van der Waals surface area contributed by atoms with Crippen molar-refractivity contribution < 1.29 is 0 Å². The van der Waals surface area contributed by atoms with Crippen LogP contribution in [-0.2, 0) is 12.8 Å². The summed E-state index contributed by atoms with van der Waals surface area (Å²) in [4.78, 5) is 24.9. The molecule has 464 valence electrons. The molecule has 0 saturated carbocycles. The zero-order valence-corrected chi connectivity index (χ0v) is 53.6. The summed E-state index contributed by atoms with van der Waals surface area (Å²) in [6.07, 6.45) is 5.12. The fourth-order valence-electron chi connectivity index (χ4n) is 14.9. The van der Waals surface area contributed by atoms with Gasteiger partial charge in [-0.15, -0.1) is 0 Å². The number of para-hydroxylation sites is 8. The van der Waals surface area contributed by atoms with Crippen molar-refractivity contribution in [2.45, 2.75) is 12.8 Å². The van der Waals surface area contributed by atoms with Crippen molar-refractivity contribution in [3.8, 4) is 0 Å². The van der Waals surface area contributed by atoms with Crippen LogP contribution in [0.4, 0.5) is 102 Å². The zero-order chi connectivity index (χ0) is 64.9. The Balaban J connectivity index is 0.793. The monoisotopic (exact) mass is 1260 g/mol. The largest absolute Gasteiger partial charge is 0.310 e. The highest BCUT2D eigenvalue weighted by Gasteiger charge is 2.31. The van der Waals surface area contributed by atoms with Crippen LogP contribution in [0.5, 0.6) is 0 Å². The third-order valence-electron chi connectivity index (χ3n) is 19.1. The molecule has 8 heteroatoms. The standard InChI is InChI=1S/C90H64N8/c1-9-25-67(26-10-1)93(68-27-11-2-12-28-68)75-43-49-85-63(57-75)55-64-58-76(94(69-29-13-3-14-30-69)70-31-15-4-16-32-70)44-50-86(64)97(85)79-41-47-81-82-48-42-80(62-84(82)90-89(83(81)61-79)91-53-54-92-90)98-87-51-45-77(95(71-33-17-5-18-34-71)72-35-19-6-20-36-72)59-65(87)56-66-60-78(46-52-88(66)98)96(73-37-21-7-22-38-73)74-39-23-8-24-40-74/h1-54,57-62H,55-56H2. The van der Waals surface area contributed by atoms with Crippen LogP contribution in [0.25, 0.3) is 32.6 Å². The fraction of sp³-hybridized carbons (Fsp3) is 0.0222. The van der Waals surface area contributed by atoms with E-state index in [0.717, 1.165) is 148 Å². The lowest BCUT2D eigenvalue weighted by Crippen LogP contribution is -2.20. The number of fused-ring (bicyclic) bond motifs is 10. The summed E-state index contributed by atoms with van der Waals surface area (Å²) in [5.74, 6) is 0. The van der Waals surface area contributed by atoms with Gasteiger partial charge in [-0.2, -0.15) is 0 Å². The summed E-state index contributed by atoms with van der Waals surface area (Å²) < 4.78 is 0. The van der Waals surface area contributed by atoms with Crippen molar-refractivity contribution in [2.75, 3.05) is 29.4 Å². The summed E-state index contributed by atoms with van der Waals surface area (Å²) >= 11 is 0. The Morgan fingerprint density at radius 2 is 0.429 bits per heavy atom. The molecule has 0 unspecified atom stereocenters. The molecule has 0 fully saturated rings. The van der Waals surface area contributed by atoms with Crippen molar-refractivity contribution in [3.63, 3.8) is 0 Å². The maximum absolute atomic E-state index is 5.26. The van der Waals surface area contributed by atoms with Gasteiger partial charge in [0.05, 0.1) is 11.0 Å². The molecule has 0 aliphatic carbocycles. The van der Waals surface area contributed by atoms with Gasteiger partial charge in [-0.3, -0.25) is 9.97 Å². The molecular formula is C90H64N8. The number of hydrogen-bond acceptors (Lipinski definition) is 8. The Hall–Kier alpha value is -13.0. The van der Waals surface area contributed by atoms with Gasteiger partial charge in [0.1, 0.15) is 0 Å². The van der Waals surface area contributed by atoms with E-state index in [1.165, 1.54) is 22.3 Å². The molecule has 0 atom stereocenters. The SMILES string of the molecule is c1ccc(N(c2ccccc2)c2ccc3c(c2)Cc2cc(N(c4ccccc4)c4ccccc4)ccc2N3c2ccc3c4ccc(N5c6ccc(N(c7ccccc7)c7ccccc7)cc6Cc6cc(N(c7ccccc7)c7ccccc7)ccc65)cc4c4nccnc4c3c2)cc1. The third kappa shape index (κ3) is 10.4. The van der Waals surface area contributed by atoms with Gasteiger partial charge in [-0.25, -0.2) is 0 Å². The van der Waals surface area contributed by atoms with Gasteiger partial charge in [-0.05, 0) is 227 Å². The number of anilines is 18. The number of aromatic nitrogens is 2. The van der Waals surface area contributed by atoms with E-state index in [-0.39, 0.29) is 0 Å². The van der Waals surface area contributed by atoms with Gasteiger partial charge in [0.15, 0.2) is 0 Å². The summed E-state index contributed by atoms with van der Waals surface area (Å²) in [5, 5.41) is 4.27. The molecule has 0 bridgehead atoms. The highest BCUT2D eigenvalue weighted by Crippen LogP contribution is 2.53. The first-order chi connectivity index (χ1) is 48.6. The molecule has 3 heterocycles. The molecule has 8 nitrogen and oxygen atoms in total. The topological polar surface area (TPSA) is 45.2 Å². The maximum atomic E-state index is 5.26. The third-order valence-corrected chi connectivity index (χ3v) is 19.1. The first kappa shape index (κ1) is 57.6. The second-order valence-corrected chi connectivity index (χ2v) is 25.0. The predicted molar refractivity (Wildman–Crippen MR) is 408 cm³/mol. The second kappa shape index (κ2) is 24.7. The molecule has 98 heavy (non-hydrogen) atoms. The molecule has 0 amide bonds. The van der Waals surface area contributed by atoms with E-state index in [4.69, 9.17) is 9.97 Å². The van der Waals surface area contributed by atoms with E-state index in [1.54, 1.807) is 0 Å². The molecule has 2 aliphatic rings. The van der Waals surface area contributed by atoms with Crippen molar-refractivity contribution in [1.82, 2.24) is 9.97 Å². The van der Waals surface area contributed by atoms with E-state index >= 15 is 0 Å². The summed E-state index contributed by atoms with van der Waals surface area (Å²) in [7, 11) is 0. The minimum atomic E-state index is 0.723. The number of benzene rings is 15. The average Bonchev–Trinajstić information content (AvgIpc) is 0.730. The Bertz CT molecular complexity index is 4800. The van der Waals surface area contributed by atoms with Crippen LogP contribution in [-0.4, -0.2) is 9.97 Å². The van der Waals surface area contributed by atoms with Crippen molar-refractivity contribution in [2.24, 2.45) is 0 Å². The lowest BCUT2D eigenvalue weighted by molar-refractivity contribution is 1.08. The van der Waals surface area contributed by atoms with Crippen LogP contribution in [0, 0.1) is 0 Å². The molecule has 0 saturated heterocycles. The number of nitrogens with zero attached hydrogens (tertiary/aromatic N) is 8. The molecule has 1 aromatic heterocycles. The lowest BCUT2D eigenvalue weighted by atomic mass is 9.92. The summed E-state index contributed by atoms with van der Waals surface area (Å²) in [6, 6.07) is 127. The van der Waals surface area contributed by atoms with Gasteiger partial charge < -0.3 is 29.4 Å². The first-order valence-electron chi connectivity index (χ1n) is 33.4. The fourth-order valence-corrected chi connectivity index (χ4v) is 14.9. The van der Waals surface area contributed by atoms with Crippen molar-refractivity contribution >= 4 is 135 Å². The van der Waals surface area contributed by atoms with Gasteiger partial charge in [0.25, 0.3) is 0 Å². The minimum Gasteiger partial charge on any atom is -0.310 e. The van der Waals surface area contributed by atoms with Gasteiger partial charge in [0, 0.05) is 138 Å². The molecule has 18 rings (SSSR count). The van der Waals surface area contributed by atoms with Crippen molar-refractivity contribution in [1.29, 1.82) is 0 Å². The molecule has 2 aliphatic heterocycles. The molecule has 0 spiro atoms. The van der Waals surface area contributed by atoms with Gasteiger partial charge in [0.2, 0.25) is 0 Å². The summed E-state index contributed by atoms with van der Waals surface area (Å²) in [6.45, 7) is 0. The first-order valence-corrected chi connectivity index (χ1v) is 33.4. The van der Waals surface area contributed by atoms with Crippen LogP contribution in [0.2, 0.25) is 0 Å². The Morgan fingerprint density at radius 3 is 0.653 bits per heavy atom. The van der Waals surface area contributed by atoms with Crippen LogP contribution in [0.1, 0.15) is 22.3 Å².